The zero-order chi connectivity index (χ0) is 14.1. The quantitative estimate of drug-likeness (QED) is 0.730. The lowest BCUT2D eigenvalue weighted by atomic mass is 9.98. The number of aromatic nitrogens is 1. The molecule has 0 aliphatic heterocycles. The van der Waals surface area contributed by atoms with Gasteiger partial charge in [-0.25, -0.2) is 0 Å². The Morgan fingerprint density at radius 2 is 1.95 bits per heavy atom. The van der Waals surface area contributed by atoms with E-state index in [9.17, 15) is 0 Å². The fourth-order valence-electron chi connectivity index (χ4n) is 2.21. The molecule has 1 atom stereocenters. The summed E-state index contributed by atoms with van der Waals surface area (Å²) in [5.74, 6) is 0. The zero-order valence-electron chi connectivity index (χ0n) is 10.6. The third-order valence-electron chi connectivity index (χ3n) is 3.29. The Bertz CT molecular complexity index is 773. The van der Waals surface area contributed by atoms with Crippen LogP contribution in [0.1, 0.15) is 17.2 Å². The molecule has 0 radical (unpaired) electrons. The lowest BCUT2D eigenvalue weighted by Gasteiger charge is -2.15. The number of nitrogens with two attached hydrogens (primary N) is 1. The van der Waals surface area contributed by atoms with Crippen LogP contribution in [0.15, 0.2) is 59.2 Å². The van der Waals surface area contributed by atoms with Crippen LogP contribution in [0, 0.1) is 0 Å². The van der Waals surface area contributed by atoms with Gasteiger partial charge in [0.2, 0.25) is 0 Å². The maximum absolute atomic E-state index is 6.36. The van der Waals surface area contributed by atoms with E-state index in [1.54, 1.807) is 6.20 Å². The average Bonchev–Trinajstić information content (AvgIpc) is 2.46. The number of halogens is 2. The highest BCUT2D eigenvalue weighted by molar-refractivity contribution is 9.10. The van der Waals surface area contributed by atoms with Crippen molar-refractivity contribution in [3.63, 3.8) is 0 Å². The van der Waals surface area contributed by atoms with Gasteiger partial charge in [-0.2, -0.15) is 0 Å². The van der Waals surface area contributed by atoms with Gasteiger partial charge in [-0.15, -0.1) is 0 Å². The number of nitrogens with zero attached hydrogens (tertiary/aromatic N) is 1. The van der Waals surface area contributed by atoms with Gasteiger partial charge in [-0.1, -0.05) is 51.8 Å². The van der Waals surface area contributed by atoms with Crippen molar-refractivity contribution in [1.29, 1.82) is 0 Å². The van der Waals surface area contributed by atoms with E-state index in [0.29, 0.717) is 5.02 Å². The van der Waals surface area contributed by atoms with Crippen molar-refractivity contribution in [3.05, 3.63) is 75.4 Å². The van der Waals surface area contributed by atoms with Gasteiger partial charge in [0.1, 0.15) is 0 Å². The topological polar surface area (TPSA) is 38.9 Å². The van der Waals surface area contributed by atoms with Crippen LogP contribution in [-0.2, 0) is 0 Å². The summed E-state index contributed by atoms with van der Waals surface area (Å²) in [5, 5.41) is 1.80. The number of hydrogen-bond acceptors (Lipinski definition) is 2. The molecule has 0 aliphatic rings. The molecule has 0 aliphatic carbocycles. The maximum Gasteiger partial charge on any atom is 0.0705 e. The molecule has 0 bridgehead atoms. The number of fused-ring (bicyclic) bond motifs is 1. The van der Waals surface area contributed by atoms with Crippen molar-refractivity contribution in [3.8, 4) is 0 Å². The standard InChI is InChI=1S/C16H12BrClN2/c17-14-9-12(18)5-6-13(14)16(19)11-4-3-10-2-1-7-20-15(10)8-11/h1-9,16H,19H2. The van der Waals surface area contributed by atoms with Crippen molar-refractivity contribution < 1.29 is 0 Å². The predicted molar refractivity (Wildman–Crippen MR) is 86.9 cm³/mol. The normalized spacial score (nSPS) is 12.6. The molecule has 1 aromatic heterocycles. The Balaban J connectivity index is 2.05. The van der Waals surface area contributed by atoms with Crippen molar-refractivity contribution in [2.24, 2.45) is 5.73 Å². The summed E-state index contributed by atoms with van der Waals surface area (Å²) < 4.78 is 0.915. The molecule has 0 saturated heterocycles. The molecule has 0 saturated carbocycles. The van der Waals surface area contributed by atoms with Gasteiger partial charge in [0, 0.05) is 21.1 Å². The van der Waals surface area contributed by atoms with Crippen LogP contribution >= 0.6 is 27.5 Å². The first kappa shape index (κ1) is 13.6. The van der Waals surface area contributed by atoms with E-state index < -0.39 is 0 Å². The fraction of sp³-hybridized carbons (Fsp3) is 0.0625. The third kappa shape index (κ3) is 2.57. The second-order valence-electron chi connectivity index (χ2n) is 4.60. The first-order valence-electron chi connectivity index (χ1n) is 6.20. The molecule has 0 spiro atoms. The summed E-state index contributed by atoms with van der Waals surface area (Å²) >= 11 is 9.48. The van der Waals surface area contributed by atoms with E-state index in [2.05, 4.69) is 20.9 Å². The van der Waals surface area contributed by atoms with Crippen LogP contribution in [0.2, 0.25) is 5.02 Å². The number of hydrogen-bond donors (Lipinski definition) is 1. The van der Waals surface area contributed by atoms with E-state index in [0.717, 1.165) is 26.5 Å². The maximum atomic E-state index is 6.36. The SMILES string of the molecule is NC(c1ccc2cccnc2c1)c1ccc(Cl)cc1Br. The Morgan fingerprint density at radius 3 is 2.75 bits per heavy atom. The van der Waals surface area contributed by atoms with Crippen molar-refractivity contribution in [2.45, 2.75) is 6.04 Å². The zero-order valence-corrected chi connectivity index (χ0v) is 12.9. The third-order valence-corrected chi connectivity index (χ3v) is 4.21. The summed E-state index contributed by atoms with van der Waals surface area (Å²) in [5.41, 5.74) is 9.34. The van der Waals surface area contributed by atoms with Crippen molar-refractivity contribution >= 4 is 38.4 Å². The van der Waals surface area contributed by atoms with Crippen LogP contribution < -0.4 is 5.73 Å². The van der Waals surface area contributed by atoms with E-state index in [1.807, 2.05) is 48.5 Å². The molecule has 1 heterocycles. The lowest BCUT2D eigenvalue weighted by Crippen LogP contribution is -2.12. The molecule has 3 rings (SSSR count). The predicted octanol–water partition coefficient (Wildman–Crippen LogP) is 4.70. The average molecular weight is 348 g/mol. The van der Waals surface area contributed by atoms with Crippen LogP contribution in [0.3, 0.4) is 0 Å². The molecule has 2 aromatic carbocycles. The summed E-state index contributed by atoms with van der Waals surface area (Å²) in [6.07, 6.45) is 1.79. The summed E-state index contributed by atoms with van der Waals surface area (Å²) in [4.78, 5) is 4.37. The lowest BCUT2D eigenvalue weighted by molar-refractivity contribution is 0.867. The summed E-state index contributed by atoms with van der Waals surface area (Å²) in [6.45, 7) is 0. The molecule has 0 fully saturated rings. The Hall–Kier alpha value is -1.42. The van der Waals surface area contributed by atoms with Gasteiger partial charge in [-0.05, 0) is 35.4 Å². The van der Waals surface area contributed by atoms with E-state index >= 15 is 0 Å². The Kier molecular flexibility index (Phi) is 3.74. The van der Waals surface area contributed by atoms with Crippen LogP contribution in [0.25, 0.3) is 10.9 Å². The molecule has 2 N–H and O–H groups in total. The number of pyridine rings is 1. The highest BCUT2D eigenvalue weighted by atomic mass is 79.9. The van der Waals surface area contributed by atoms with Crippen LogP contribution in [-0.4, -0.2) is 4.98 Å². The minimum absolute atomic E-state index is 0.215. The second kappa shape index (κ2) is 5.52. The van der Waals surface area contributed by atoms with Gasteiger partial charge < -0.3 is 5.73 Å². The van der Waals surface area contributed by atoms with E-state index in [1.165, 1.54) is 0 Å². The molecule has 20 heavy (non-hydrogen) atoms. The van der Waals surface area contributed by atoms with Crippen molar-refractivity contribution in [2.75, 3.05) is 0 Å². The largest absolute Gasteiger partial charge is 0.320 e. The smallest absolute Gasteiger partial charge is 0.0705 e. The monoisotopic (exact) mass is 346 g/mol. The van der Waals surface area contributed by atoms with E-state index in [4.69, 9.17) is 17.3 Å². The minimum atomic E-state index is -0.215. The highest BCUT2D eigenvalue weighted by Gasteiger charge is 2.13. The first-order chi connectivity index (χ1) is 9.65. The minimum Gasteiger partial charge on any atom is -0.320 e. The Labute approximate surface area is 130 Å². The second-order valence-corrected chi connectivity index (χ2v) is 5.89. The van der Waals surface area contributed by atoms with Gasteiger partial charge in [0.15, 0.2) is 0 Å². The van der Waals surface area contributed by atoms with Crippen molar-refractivity contribution in [1.82, 2.24) is 4.98 Å². The van der Waals surface area contributed by atoms with Gasteiger partial charge in [0.05, 0.1) is 11.6 Å². The first-order valence-corrected chi connectivity index (χ1v) is 7.37. The molecule has 4 heteroatoms. The molecule has 1 unspecified atom stereocenters. The number of rotatable bonds is 2. The molecule has 0 amide bonds. The van der Waals surface area contributed by atoms with E-state index in [-0.39, 0.29) is 6.04 Å². The molecular formula is C16H12BrClN2. The molecule has 100 valence electrons. The van der Waals surface area contributed by atoms with Gasteiger partial charge in [-0.3, -0.25) is 4.98 Å². The summed E-state index contributed by atoms with van der Waals surface area (Å²) in [7, 11) is 0. The summed E-state index contributed by atoms with van der Waals surface area (Å²) in [6, 6.07) is 15.5. The highest BCUT2D eigenvalue weighted by Crippen LogP contribution is 2.30. The fourth-order valence-corrected chi connectivity index (χ4v) is 3.14. The Morgan fingerprint density at radius 1 is 1.10 bits per heavy atom. The van der Waals surface area contributed by atoms with Crippen LogP contribution in [0.5, 0.6) is 0 Å². The molecular weight excluding hydrogens is 336 g/mol. The molecule has 2 nitrogen and oxygen atoms in total. The molecule has 3 aromatic rings. The van der Waals surface area contributed by atoms with Gasteiger partial charge in [0.25, 0.3) is 0 Å². The van der Waals surface area contributed by atoms with Crippen LogP contribution in [0.4, 0.5) is 0 Å². The number of benzene rings is 2. The van der Waals surface area contributed by atoms with Gasteiger partial charge >= 0.3 is 0 Å².